The van der Waals surface area contributed by atoms with Gasteiger partial charge in [0.1, 0.15) is 5.75 Å². The highest BCUT2D eigenvalue weighted by atomic mass is 16.5. The number of carbonyl (C=O) groups excluding carboxylic acids is 1. The number of benzene rings is 2. The average Bonchev–Trinajstić information content (AvgIpc) is 2.65. The minimum absolute atomic E-state index is 0.311. The van der Waals surface area contributed by atoms with Crippen LogP contribution in [0.2, 0.25) is 0 Å². The third-order valence-electron chi connectivity index (χ3n) is 3.46. The maximum atomic E-state index is 12.2. The van der Waals surface area contributed by atoms with Gasteiger partial charge in [0.2, 0.25) is 0 Å². The second-order valence-corrected chi connectivity index (χ2v) is 4.94. The van der Waals surface area contributed by atoms with Crippen molar-refractivity contribution in [1.82, 2.24) is 5.43 Å². The van der Waals surface area contributed by atoms with E-state index >= 15 is 0 Å². The quantitative estimate of drug-likeness (QED) is 0.654. The number of nitrogens with one attached hydrogen (secondary N) is 1. The molecule has 0 heterocycles. The monoisotopic (exact) mass is 328 g/mol. The van der Waals surface area contributed by atoms with Crippen LogP contribution in [0.5, 0.6) is 17.2 Å². The Labute approximate surface area is 141 Å². The highest BCUT2D eigenvalue weighted by Crippen LogP contribution is 2.27. The van der Waals surface area contributed by atoms with Gasteiger partial charge in [-0.1, -0.05) is 6.07 Å². The molecule has 0 spiro atoms. The van der Waals surface area contributed by atoms with Crippen molar-refractivity contribution in [1.29, 1.82) is 0 Å². The molecule has 6 heteroatoms. The van der Waals surface area contributed by atoms with E-state index in [9.17, 15) is 4.79 Å². The van der Waals surface area contributed by atoms with Crippen LogP contribution in [0.15, 0.2) is 47.6 Å². The van der Waals surface area contributed by atoms with Crippen LogP contribution in [0.3, 0.4) is 0 Å². The first kappa shape index (κ1) is 17.3. The van der Waals surface area contributed by atoms with Gasteiger partial charge >= 0.3 is 0 Å². The Kier molecular flexibility index (Phi) is 5.78. The second kappa shape index (κ2) is 8.01. The van der Waals surface area contributed by atoms with E-state index in [0.29, 0.717) is 28.5 Å². The first-order chi connectivity index (χ1) is 11.6. The van der Waals surface area contributed by atoms with Gasteiger partial charge in [-0.15, -0.1) is 0 Å². The van der Waals surface area contributed by atoms with Crippen molar-refractivity contribution in [2.45, 2.75) is 6.92 Å². The average molecular weight is 328 g/mol. The summed E-state index contributed by atoms with van der Waals surface area (Å²) in [6.07, 6.45) is 0. The van der Waals surface area contributed by atoms with Crippen molar-refractivity contribution >= 4 is 11.6 Å². The SMILES string of the molecule is COc1cccc(C(=O)N/N=C(/C)c2ccc(OC)c(OC)c2)c1. The van der Waals surface area contributed by atoms with Gasteiger partial charge in [-0.25, -0.2) is 5.43 Å². The van der Waals surface area contributed by atoms with E-state index in [1.165, 1.54) is 0 Å². The molecule has 0 aliphatic heterocycles. The molecule has 0 atom stereocenters. The van der Waals surface area contributed by atoms with Crippen molar-refractivity contribution in [3.63, 3.8) is 0 Å². The van der Waals surface area contributed by atoms with Crippen LogP contribution in [0.1, 0.15) is 22.8 Å². The molecule has 0 aliphatic rings. The topological polar surface area (TPSA) is 69.2 Å². The fraction of sp³-hybridized carbons (Fsp3) is 0.222. The van der Waals surface area contributed by atoms with Crippen LogP contribution in [-0.4, -0.2) is 32.9 Å². The lowest BCUT2D eigenvalue weighted by molar-refractivity contribution is 0.0954. The van der Waals surface area contributed by atoms with Crippen LogP contribution < -0.4 is 19.6 Å². The van der Waals surface area contributed by atoms with E-state index in [2.05, 4.69) is 10.5 Å². The van der Waals surface area contributed by atoms with Crippen LogP contribution >= 0.6 is 0 Å². The Balaban J connectivity index is 2.14. The lowest BCUT2D eigenvalue weighted by Gasteiger charge is -2.09. The fourth-order valence-corrected chi connectivity index (χ4v) is 2.09. The number of methoxy groups -OCH3 is 3. The molecular weight excluding hydrogens is 308 g/mol. The number of ether oxygens (including phenoxy) is 3. The van der Waals surface area contributed by atoms with Crippen molar-refractivity contribution in [2.24, 2.45) is 5.10 Å². The van der Waals surface area contributed by atoms with Crippen molar-refractivity contribution in [3.8, 4) is 17.2 Å². The molecule has 2 aromatic rings. The Hall–Kier alpha value is -3.02. The first-order valence-electron chi connectivity index (χ1n) is 7.30. The summed E-state index contributed by atoms with van der Waals surface area (Å²) in [5.41, 5.74) is 4.47. The molecule has 0 aromatic heterocycles. The Morgan fingerprint density at radius 1 is 0.917 bits per heavy atom. The number of hydrogen-bond donors (Lipinski definition) is 1. The summed E-state index contributed by atoms with van der Waals surface area (Å²) < 4.78 is 15.6. The van der Waals surface area contributed by atoms with Gasteiger partial charge in [0.15, 0.2) is 11.5 Å². The van der Waals surface area contributed by atoms with Gasteiger partial charge in [-0.05, 0) is 43.3 Å². The summed E-state index contributed by atoms with van der Waals surface area (Å²) in [5, 5.41) is 4.14. The zero-order valence-corrected chi connectivity index (χ0v) is 14.1. The number of hydrogen-bond acceptors (Lipinski definition) is 5. The minimum atomic E-state index is -0.311. The molecule has 24 heavy (non-hydrogen) atoms. The van der Waals surface area contributed by atoms with Crippen molar-refractivity contribution < 1.29 is 19.0 Å². The van der Waals surface area contributed by atoms with E-state index in [1.807, 2.05) is 6.07 Å². The van der Waals surface area contributed by atoms with E-state index < -0.39 is 0 Å². The number of nitrogens with zero attached hydrogens (tertiary/aromatic N) is 1. The maximum Gasteiger partial charge on any atom is 0.271 e. The largest absolute Gasteiger partial charge is 0.497 e. The third kappa shape index (κ3) is 4.04. The number of carbonyl (C=O) groups is 1. The highest BCUT2D eigenvalue weighted by Gasteiger charge is 2.08. The third-order valence-corrected chi connectivity index (χ3v) is 3.46. The second-order valence-electron chi connectivity index (χ2n) is 4.94. The summed E-state index contributed by atoms with van der Waals surface area (Å²) in [7, 11) is 4.70. The normalized spacial score (nSPS) is 10.9. The van der Waals surface area contributed by atoms with E-state index in [-0.39, 0.29) is 5.91 Å². The lowest BCUT2D eigenvalue weighted by atomic mass is 10.1. The molecular formula is C18H20N2O4. The first-order valence-corrected chi connectivity index (χ1v) is 7.30. The molecule has 0 unspecified atom stereocenters. The molecule has 1 N–H and O–H groups in total. The Morgan fingerprint density at radius 2 is 1.67 bits per heavy atom. The standard InChI is InChI=1S/C18H20N2O4/c1-12(13-8-9-16(23-3)17(11-13)24-4)19-20-18(21)14-6-5-7-15(10-14)22-2/h5-11H,1-4H3,(H,20,21)/b19-12-. The minimum Gasteiger partial charge on any atom is -0.497 e. The molecule has 0 aliphatic carbocycles. The summed E-state index contributed by atoms with van der Waals surface area (Å²) in [4.78, 5) is 12.2. The number of rotatable bonds is 6. The maximum absolute atomic E-state index is 12.2. The number of amides is 1. The molecule has 126 valence electrons. The molecule has 0 radical (unpaired) electrons. The predicted molar refractivity (Wildman–Crippen MR) is 92.2 cm³/mol. The zero-order valence-electron chi connectivity index (χ0n) is 14.1. The predicted octanol–water partition coefficient (Wildman–Crippen LogP) is 2.87. The van der Waals surface area contributed by atoms with Gasteiger partial charge in [-0.2, -0.15) is 5.10 Å². The van der Waals surface area contributed by atoms with Crippen LogP contribution in [-0.2, 0) is 0 Å². The number of hydrazone groups is 1. The molecule has 2 aromatic carbocycles. The summed E-state index contributed by atoms with van der Waals surface area (Å²) in [6.45, 7) is 1.80. The van der Waals surface area contributed by atoms with E-state index in [0.717, 1.165) is 5.56 Å². The fourth-order valence-electron chi connectivity index (χ4n) is 2.09. The molecule has 2 rings (SSSR count). The molecule has 0 saturated carbocycles. The Morgan fingerprint density at radius 3 is 2.33 bits per heavy atom. The summed E-state index contributed by atoms with van der Waals surface area (Å²) in [5.74, 6) is 1.54. The molecule has 0 saturated heterocycles. The van der Waals surface area contributed by atoms with Crippen LogP contribution in [0, 0.1) is 0 Å². The van der Waals surface area contributed by atoms with Gasteiger partial charge in [0, 0.05) is 11.1 Å². The van der Waals surface area contributed by atoms with E-state index in [4.69, 9.17) is 14.2 Å². The van der Waals surface area contributed by atoms with Gasteiger partial charge in [-0.3, -0.25) is 4.79 Å². The van der Waals surface area contributed by atoms with Crippen LogP contribution in [0.4, 0.5) is 0 Å². The highest BCUT2D eigenvalue weighted by molar-refractivity contribution is 6.01. The summed E-state index contributed by atoms with van der Waals surface area (Å²) >= 11 is 0. The molecule has 0 fully saturated rings. The summed E-state index contributed by atoms with van der Waals surface area (Å²) in [6, 6.07) is 12.3. The molecule has 0 bridgehead atoms. The van der Waals surface area contributed by atoms with Crippen molar-refractivity contribution in [2.75, 3.05) is 21.3 Å². The zero-order chi connectivity index (χ0) is 17.5. The molecule has 6 nitrogen and oxygen atoms in total. The van der Waals surface area contributed by atoms with E-state index in [1.54, 1.807) is 64.7 Å². The molecule has 1 amide bonds. The lowest BCUT2D eigenvalue weighted by Crippen LogP contribution is -2.19. The van der Waals surface area contributed by atoms with Gasteiger partial charge < -0.3 is 14.2 Å². The van der Waals surface area contributed by atoms with Crippen LogP contribution in [0.25, 0.3) is 0 Å². The van der Waals surface area contributed by atoms with Crippen molar-refractivity contribution in [3.05, 3.63) is 53.6 Å². The smallest absolute Gasteiger partial charge is 0.271 e. The van der Waals surface area contributed by atoms with Gasteiger partial charge in [0.05, 0.1) is 27.0 Å². The Bertz CT molecular complexity index is 756. The van der Waals surface area contributed by atoms with Gasteiger partial charge in [0.25, 0.3) is 5.91 Å².